The molecular weight excluding hydrogens is 570 g/mol. The Morgan fingerprint density at radius 1 is 1.05 bits per heavy atom. The van der Waals surface area contributed by atoms with Gasteiger partial charge in [-0.05, 0) is 79.3 Å². The maximum atomic E-state index is 13.9. The van der Waals surface area contributed by atoms with Gasteiger partial charge < -0.3 is 19.8 Å². The number of alkyl halides is 2. The van der Waals surface area contributed by atoms with Crippen molar-refractivity contribution in [2.75, 3.05) is 36.0 Å². The monoisotopic (exact) mass is 606 g/mol. The first-order chi connectivity index (χ1) is 21.2. The lowest BCUT2D eigenvalue weighted by atomic mass is 9.92. The molecule has 6 rings (SSSR count). The Kier molecular flexibility index (Phi) is 8.38. The number of nitrogens with zero attached hydrogens (tertiary/aromatic N) is 4. The van der Waals surface area contributed by atoms with E-state index in [9.17, 15) is 28.6 Å². The van der Waals surface area contributed by atoms with E-state index in [0.717, 1.165) is 31.2 Å². The van der Waals surface area contributed by atoms with Crippen LogP contribution in [0.25, 0.3) is 0 Å². The Labute approximate surface area is 254 Å². The third-order valence-electron chi connectivity index (χ3n) is 8.94. The van der Waals surface area contributed by atoms with E-state index in [2.05, 4.69) is 9.97 Å². The smallest absolute Gasteiger partial charge is 0.303 e. The average molecular weight is 607 g/mol. The zero-order valence-corrected chi connectivity index (χ0v) is 24.3. The van der Waals surface area contributed by atoms with E-state index in [1.807, 2.05) is 17.0 Å². The van der Waals surface area contributed by atoms with Gasteiger partial charge in [-0.1, -0.05) is 6.07 Å². The highest BCUT2D eigenvalue weighted by atomic mass is 19.3. The highest BCUT2D eigenvalue weighted by molar-refractivity contribution is 6.09. The number of amides is 1. The first-order valence-corrected chi connectivity index (χ1v) is 15.2. The van der Waals surface area contributed by atoms with Gasteiger partial charge in [0.2, 0.25) is 5.88 Å². The van der Waals surface area contributed by atoms with Crippen LogP contribution >= 0.6 is 0 Å². The van der Waals surface area contributed by atoms with Gasteiger partial charge in [-0.15, -0.1) is 0 Å². The van der Waals surface area contributed by atoms with Gasteiger partial charge >= 0.3 is 5.97 Å². The molecule has 3 fully saturated rings. The summed E-state index contributed by atoms with van der Waals surface area (Å²) in [7, 11) is 0. The number of halogens is 2. The van der Waals surface area contributed by atoms with Crippen molar-refractivity contribution in [3.05, 3.63) is 72.1 Å². The van der Waals surface area contributed by atoms with Gasteiger partial charge in [0.25, 0.3) is 11.8 Å². The molecule has 1 saturated heterocycles. The van der Waals surface area contributed by atoms with Gasteiger partial charge in [0, 0.05) is 56.5 Å². The second-order valence-electron chi connectivity index (χ2n) is 12.2. The van der Waals surface area contributed by atoms with E-state index >= 15 is 0 Å². The van der Waals surface area contributed by atoms with E-state index in [-0.39, 0.29) is 37.0 Å². The summed E-state index contributed by atoms with van der Waals surface area (Å²) in [5.74, 6) is -3.56. The molecule has 0 spiro atoms. The number of carbonyl (C=O) groups excluding carboxylic acids is 1. The number of carboxylic acids is 1. The number of benzene rings is 1. The maximum absolute atomic E-state index is 13.9. The van der Waals surface area contributed by atoms with Crippen LogP contribution in [0.15, 0.2) is 60.9 Å². The number of aromatic nitrogens is 2. The first kappa shape index (κ1) is 29.8. The maximum Gasteiger partial charge on any atom is 0.303 e. The number of aromatic hydroxyl groups is 1. The molecule has 2 unspecified atom stereocenters. The summed E-state index contributed by atoms with van der Waals surface area (Å²) in [4.78, 5) is 37.2. The predicted octanol–water partition coefficient (Wildman–Crippen LogP) is 5.75. The second kappa shape index (κ2) is 12.4. The highest BCUT2D eigenvalue weighted by Gasteiger charge is 2.57. The van der Waals surface area contributed by atoms with Crippen molar-refractivity contribution >= 4 is 23.4 Å². The SMILES string of the molecule is O=C(O)CC(c1ccnc(OCC2CCN(c3cc(O)ccc3C(=O)N(CC3CC3(F)F)c3ccccn3)CC2)c1)C1CC1. The largest absolute Gasteiger partial charge is 0.508 e. The van der Waals surface area contributed by atoms with Crippen LogP contribution < -0.4 is 14.5 Å². The van der Waals surface area contributed by atoms with E-state index in [4.69, 9.17) is 4.74 Å². The number of carbonyl (C=O) groups is 2. The van der Waals surface area contributed by atoms with Crippen LogP contribution in [-0.4, -0.2) is 64.2 Å². The fraction of sp³-hybridized carbons (Fsp3) is 0.455. The number of carboxylic acid groups (broad SMARTS) is 1. The number of piperidine rings is 1. The number of aliphatic carboxylic acids is 1. The molecule has 232 valence electrons. The van der Waals surface area contributed by atoms with Crippen LogP contribution in [0.3, 0.4) is 0 Å². The molecule has 1 amide bonds. The minimum atomic E-state index is -2.79. The van der Waals surface area contributed by atoms with Crippen LogP contribution in [0.2, 0.25) is 0 Å². The number of pyridine rings is 2. The Bertz CT molecular complexity index is 1490. The van der Waals surface area contributed by atoms with E-state index in [1.54, 1.807) is 36.5 Å². The fourth-order valence-corrected chi connectivity index (χ4v) is 6.11. The molecule has 1 aromatic carbocycles. The molecular formula is C33H36F2N4O5. The summed E-state index contributed by atoms with van der Waals surface area (Å²) in [6.45, 7) is 1.53. The third-order valence-corrected chi connectivity index (χ3v) is 8.94. The van der Waals surface area contributed by atoms with Crippen molar-refractivity contribution in [2.45, 2.75) is 50.4 Å². The molecule has 9 nitrogen and oxygen atoms in total. The average Bonchev–Trinajstić information content (AvgIpc) is 3.95. The van der Waals surface area contributed by atoms with Gasteiger partial charge in [-0.25, -0.2) is 18.7 Å². The summed E-state index contributed by atoms with van der Waals surface area (Å²) in [5.41, 5.74) is 1.82. The van der Waals surface area contributed by atoms with Crippen molar-refractivity contribution in [3.63, 3.8) is 0 Å². The quantitative estimate of drug-likeness (QED) is 0.268. The van der Waals surface area contributed by atoms with Crippen molar-refractivity contribution in [1.82, 2.24) is 9.97 Å². The van der Waals surface area contributed by atoms with E-state index in [0.29, 0.717) is 48.6 Å². The van der Waals surface area contributed by atoms with E-state index < -0.39 is 23.7 Å². The molecule has 0 radical (unpaired) electrons. The van der Waals surface area contributed by atoms with Gasteiger partial charge in [-0.3, -0.25) is 14.5 Å². The lowest BCUT2D eigenvalue weighted by Gasteiger charge is -2.35. The zero-order chi connectivity index (χ0) is 30.8. The molecule has 3 heterocycles. The first-order valence-electron chi connectivity index (χ1n) is 15.2. The van der Waals surface area contributed by atoms with E-state index in [1.165, 1.54) is 17.2 Å². The number of phenolic OH excluding ortho intramolecular Hbond substituents is 1. The van der Waals surface area contributed by atoms with Gasteiger partial charge in [-0.2, -0.15) is 0 Å². The topological polar surface area (TPSA) is 116 Å². The normalized spacial score (nSPS) is 20.1. The van der Waals surface area contributed by atoms with Crippen LogP contribution in [0, 0.1) is 17.8 Å². The fourth-order valence-electron chi connectivity index (χ4n) is 6.11. The molecule has 2 saturated carbocycles. The van der Waals surface area contributed by atoms with Gasteiger partial charge in [0.1, 0.15) is 11.6 Å². The van der Waals surface area contributed by atoms with Crippen LogP contribution in [0.1, 0.15) is 60.4 Å². The zero-order valence-electron chi connectivity index (χ0n) is 24.3. The highest BCUT2D eigenvalue weighted by Crippen LogP contribution is 2.49. The van der Waals surface area contributed by atoms with Crippen LogP contribution in [0.4, 0.5) is 20.3 Å². The molecule has 2 aromatic heterocycles. The third kappa shape index (κ3) is 6.92. The number of phenols is 1. The van der Waals surface area contributed by atoms with Crippen LogP contribution in [0.5, 0.6) is 11.6 Å². The van der Waals surface area contributed by atoms with Crippen molar-refractivity contribution in [2.24, 2.45) is 17.8 Å². The summed E-state index contributed by atoms with van der Waals surface area (Å²) < 4.78 is 33.8. The summed E-state index contributed by atoms with van der Waals surface area (Å²) in [6, 6.07) is 13.3. The predicted molar refractivity (Wildman–Crippen MR) is 159 cm³/mol. The van der Waals surface area contributed by atoms with Gasteiger partial charge in [0.15, 0.2) is 0 Å². The standard InChI is InChI=1S/C33H36F2N4O5/c34-33(35)18-24(33)19-39(29-3-1-2-11-36-29)32(43)26-7-6-25(40)16-28(26)38-13-9-21(10-14-38)20-44-30-15-23(8-12-37-30)27(17-31(41)42)22-4-5-22/h1-3,6-8,11-12,15-16,21-22,24,27,40H,4-5,9-10,13-14,17-20H2,(H,41,42). The molecule has 3 aliphatic rings. The lowest BCUT2D eigenvalue weighted by Crippen LogP contribution is -2.39. The Hall–Kier alpha value is -4.28. The Morgan fingerprint density at radius 2 is 1.82 bits per heavy atom. The molecule has 11 heteroatoms. The summed E-state index contributed by atoms with van der Waals surface area (Å²) in [6.07, 6.45) is 6.65. The van der Waals surface area contributed by atoms with Crippen LogP contribution in [-0.2, 0) is 4.79 Å². The molecule has 3 aromatic rings. The number of ether oxygens (including phenoxy) is 1. The number of hydrogen-bond donors (Lipinski definition) is 2. The van der Waals surface area contributed by atoms with Crippen molar-refractivity contribution in [1.29, 1.82) is 0 Å². The lowest BCUT2D eigenvalue weighted by molar-refractivity contribution is -0.137. The van der Waals surface area contributed by atoms with Crippen molar-refractivity contribution < 1.29 is 33.3 Å². The number of hydrogen-bond acceptors (Lipinski definition) is 7. The molecule has 1 aliphatic heterocycles. The second-order valence-corrected chi connectivity index (χ2v) is 12.2. The summed E-state index contributed by atoms with van der Waals surface area (Å²) in [5, 5.41) is 19.7. The minimum Gasteiger partial charge on any atom is -0.508 e. The molecule has 2 aliphatic carbocycles. The molecule has 44 heavy (non-hydrogen) atoms. The Balaban J connectivity index is 1.11. The Morgan fingerprint density at radius 3 is 2.48 bits per heavy atom. The number of rotatable bonds is 12. The van der Waals surface area contributed by atoms with Crippen molar-refractivity contribution in [3.8, 4) is 11.6 Å². The summed E-state index contributed by atoms with van der Waals surface area (Å²) >= 11 is 0. The molecule has 0 bridgehead atoms. The minimum absolute atomic E-state index is 0.0125. The van der Waals surface area contributed by atoms with Gasteiger partial charge in [0.05, 0.1) is 24.3 Å². The number of anilines is 2. The molecule has 2 N–H and O–H groups in total. The molecule has 2 atom stereocenters.